The van der Waals surface area contributed by atoms with E-state index in [0.717, 1.165) is 16.8 Å². The van der Waals surface area contributed by atoms with Gasteiger partial charge in [-0.2, -0.15) is 0 Å². The third kappa shape index (κ3) is 6.49. The summed E-state index contributed by atoms with van der Waals surface area (Å²) in [6.45, 7) is 7.68. The minimum atomic E-state index is -0.796. The minimum absolute atomic E-state index is 0.116. The molecule has 2 aromatic carbocycles. The highest BCUT2D eigenvalue weighted by Gasteiger charge is 2.23. The Morgan fingerprint density at radius 2 is 1.94 bits per heavy atom. The number of rotatable bonds is 11. The number of aliphatic hydroxyl groups is 1. The number of nitrogens with zero attached hydrogens (tertiary/aromatic N) is 3. The molecule has 9 nitrogen and oxygen atoms in total. The van der Waals surface area contributed by atoms with E-state index in [0.29, 0.717) is 28.8 Å². The largest absolute Gasteiger partial charge is 0.497 e. The van der Waals surface area contributed by atoms with Gasteiger partial charge in [-0.15, -0.1) is 16.8 Å². The van der Waals surface area contributed by atoms with Gasteiger partial charge in [0, 0.05) is 17.8 Å². The number of benzene rings is 2. The van der Waals surface area contributed by atoms with Crippen molar-refractivity contribution in [2.75, 3.05) is 24.8 Å². The maximum absolute atomic E-state index is 12.7. The molecule has 2 amide bonds. The molecule has 0 radical (unpaired) electrons. The lowest BCUT2D eigenvalue weighted by atomic mass is 10.1. The minimum Gasteiger partial charge on any atom is -0.497 e. The maximum Gasteiger partial charge on any atom is 0.251 e. The van der Waals surface area contributed by atoms with Gasteiger partial charge in [0.15, 0.2) is 11.0 Å². The molecular weight excluding hydrogens is 466 g/mol. The number of amides is 2. The normalized spacial score (nSPS) is 11.5. The van der Waals surface area contributed by atoms with Crippen LogP contribution in [0.15, 0.2) is 60.3 Å². The van der Waals surface area contributed by atoms with Crippen LogP contribution in [-0.4, -0.2) is 51.2 Å². The molecule has 0 spiro atoms. The van der Waals surface area contributed by atoms with Crippen molar-refractivity contribution in [3.8, 4) is 5.75 Å². The smallest absolute Gasteiger partial charge is 0.251 e. The van der Waals surface area contributed by atoms with Crippen molar-refractivity contribution in [3.63, 3.8) is 0 Å². The summed E-state index contributed by atoms with van der Waals surface area (Å²) in [6, 6.07) is 11.6. The van der Waals surface area contributed by atoms with Gasteiger partial charge in [-0.05, 0) is 55.3 Å². The molecule has 0 saturated heterocycles. The Kier molecular flexibility index (Phi) is 9.04. The number of aliphatic hydroxyl groups excluding tert-OH is 1. The Morgan fingerprint density at radius 1 is 1.20 bits per heavy atom. The lowest BCUT2D eigenvalue weighted by Gasteiger charge is -2.17. The predicted octanol–water partition coefficient (Wildman–Crippen LogP) is 3.28. The molecule has 1 heterocycles. The number of allylic oxidation sites excluding steroid dienone is 1. The van der Waals surface area contributed by atoms with E-state index in [4.69, 9.17) is 4.74 Å². The fourth-order valence-corrected chi connectivity index (χ4v) is 4.10. The summed E-state index contributed by atoms with van der Waals surface area (Å²) in [6.07, 6.45) is 1.66. The molecule has 3 aromatic rings. The molecule has 184 valence electrons. The van der Waals surface area contributed by atoms with Gasteiger partial charge in [0.25, 0.3) is 5.91 Å². The van der Waals surface area contributed by atoms with Crippen LogP contribution in [0.4, 0.5) is 5.69 Å². The maximum atomic E-state index is 12.7. The second-order valence-electron chi connectivity index (χ2n) is 7.76. The van der Waals surface area contributed by atoms with E-state index in [9.17, 15) is 14.7 Å². The van der Waals surface area contributed by atoms with E-state index in [-0.39, 0.29) is 24.2 Å². The number of hydrogen-bond donors (Lipinski definition) is 3. The van der Waals surface area contributed by atoms with Crippen LogP contribution in [0.3, 0.4) is 0 Å². The third-order valence-corrected chi connectivity index (χ3v) is 6.39. The zero-order valence-electron chi connectivity index (χ0n) is 19.9. The SMILES string of the molecule is C=CCn1c(SCC(=O)Nc2cccc(C)c2C)nnc1C(CO)NC(=O)c1ccc(OC)cc1. The van der Waals surface area contributed by atoms with Gasteiger partial charge >= 0.3 is 0 Å². The van der Waals surface area contributed by atoms with Crippen molar-refractivity contribution in [3.05, 3.63) is 77.6 Å². The highest BCUT2D eigenvalue weighted by Crippen LogP contribution is 2.23. The van der Waals surface area contributed by atoms with E-state index >= 15 is 0 Å². The number of carbonyl (C=O) groups is 2. The molecule has 0 aliphatic rings. The number of ether oxygens (including phenoxy) is 1. The van der Waals surface area contributed by atoms with Crippen molar-refractivity contribution in [2.45, 2.75) is 31.6 Å². The molecule has 0 aliphatic carbocycles. The first-order valence-corrected chi connectivity index (χ1v) is 11.9. The van der Waals surface area contributed by atoms with Crippen LogP contribution in [-0.2, 0) is 11.3 Å². The Morgan fingerprint density at radius 3 is 2.60 bits per heavy atom. The van der Waals surface area contributed by atoms with Crippen LogP contribution < -0.4 is 15.4 Å². The summed E-state index contributed by atoms with van der Waals surface area (Å²) in [5.74, 6) is 0.567. The summed E-state index contributed by atoms with van der Waals surface area (Å²) in [5.41, 5.74) is 3.29. The van der Waals surface area contributed by atoms with E-state index in [1.807, 2.05) is 32.0 Å². The monoisotopic (exact) mass is 495 g/mol. The zero-order chi connectivity index (χ0) is 25.4. The lowest BCUT2D eigenvalue weighted by Crippen LogP contribution is -2.33. The molecule has 35 heavy (non-hydrogen) atoms. The summed E-state index contributed by atoms with van der Waals surface area (Å²) in [5, 5.41) is 24.5. The summed E-state index contributed by atoms with van der Waals surface area (Å²) < 4.78 is 6.84. The fraction of sp³-hybridized carbons (Fsp3) is 0.280. The molecule has 10 heteroatoms. The van der Waals surface area contributed by atoms with Crippen molar-refractivity contribution in [1.29, 1.82) is 0 Å². The number of anilines is 1. The highest BCUT2D eigenvalue weighted by atomic mass is 32.2. The molecule has 3 N–H and O–H groups in total. The molecule has 0 bridgehead atoms. The van der Waals surface area contributed by atoms with Crippen molar-refractivity contribution < 1.29 is 19.4 Å². The van der Waals surface area contributed by atoms with E-state index in [1.165, 1.54) is 11.8 Å². The summed E-state index contributed by atoms with van der Waals surface area (Å²) >= 11 is 1.21. The van der Waals surface area contributed by atoms with Crippen molar-refractivity contribution in [2.24, 2.45) is 0 Å². The van der Waals surface area contributed by atoms with Crippen LogP contribution in [0.25, 0.3) is 0 Å². The topological polar surface area (TPSA) is 118 Å². The number of methoxy groups -OCH3 is 1. The number of thioether (sulfide) groups is 1. The average Bonchev–Trinajstić information content (AvgIpc) is 3.26. The van der Waals surface area contributed by atoms with Gasteiger partial charge in [-0.25, -0.2) is 0 Å². The molecule has 0 saturated carbocycles. The van der Waals surface area contributed by atoms with E-state index < -0.39 is 6.04 Å². The van der Waals surface area contributed by atoms with Crippen LogP contribution in [0.1, 0.15) is 33.4 Å². The van der Waals surface area contributed by atoms with Gasteiger partial charge < -0.3 is 25.0 Å². The standard InChI is InChI=1S/C25H29N5O4S/c1-5-13-30-23(21(14-31)27-24(33)18-9-11-19(34-4)12-10-18)28-29-25(30)35-15-22(32)26-20-8-6-7-16(2)17(20)3/h5-12,21,31H,1,13-15H2,2-4H3,(H,26,32)(H,27,33). The predicted molar refractivity (Wildman–Crippen MR) is 136 cm³/mol. The quantitative estimate of drug-likeness (QED) is 0.276. The fourth-order valence-electron chi connectivity index (χ4n) is 3.34. The van der Waals surface area contributed by atoms with E-state index in [2.05, 4.69) is 27.4 Å². The number of aryl methyl sites for hydroxylation is 1. The number of carbonyl (C=O) groups excluding carboxylic acids is 2. The van der Waals surface area contributed by atoms with Gasteiger partial charge in [0.2, 0.25) is 5.91 Å². The Bertz CT molecular complexity index is 1190. The van der Waals surface area contributed by atoms with Crippen molar-refractivity contribution in [1.82, 2.24) is 20.1 Å². The second kappa shape index (κ2) is 12.2. The molecule has 1 unspecified atom stereocenters. The lowest BCUT2D eigenvalue weighted by molar-refractivity contribution is -0.113. The molecule has 0 fully saturated rings. The second-order valence-corrected chi connectivity index (χ2v) is 8.70. The van der Waals surface area contributed by atoms with Gasteiger partial charge in [-0.3, -0.25) is 9.59 Å². The highest BCUT2D eigenvalue weighted by molar-refractivity contribution is 7.99. The Hall–Kier alpha value is -3.63. The van der Waals surface area contributed by atoms with Crippen LogP contribution >= 0.6 is 11.8 Å². The molecule has 3 rings (SSSR count). The Balaban J connectivity index is 1.71. The number of hydrogen-bond acceptors (Lipinski definition) is 7. The molecular formula is C25H29N5O4S. The van der Waals surface area contributed by atoms with Crippen LogP contribution in [0, 0.1) is 13.8 Å². The Labute approximate surface area is 208 Å². The van der Waals surface area contributed by atoms with Crippen LogP contribution in [0.2, 0.25) is 0 Å². The van der Waals surface area contributed by atoms with Gasteiger partial charge in [-0.1, -0.05) is 30.0 Å². The van der Waals surface area contributed by atoms with Gasteiger partial charge in [0.1, 0.15) is 11.8 Å². The number of aromatic nitrogens is 3. The summed E-state index contributed by atoms with van der Waals surface area (Å²) in [4.78, 5) is 25.3. The first-order valence-electron chi connectivity index (χ1n) is 11.0. The van der Waals surface area contributed by atoms with Crippen molar-refractivity contribution >= 4 is 29.3 Å². The molecule has 1 atom stereocenters. The summed E-state index contributed by atoms with van der Waals surface area (Å²) in [7, 11) is 1.55. The van der Waals surface area contributed by atoms with Gasteiger partial charge in [0.05, 0.1) is 19.5 Å². The molecule has 1 aromatic heterocycles. The zero-order valence-corrected chi connectivity index (χ0v) is 20.8. The average molecular weight is 496 g/mol. The number of nitrogens with one attached hydrogen (secondary N) is 2. The first kappa shape index (κ1) is 26.0. The third-order valence-electron chi connectivity index (χ3n) is 5.42. The molecule has 0 aliphatic heterocycles. The first-order chi connectivity index (χ1) is 16.9. The van der Waals surface area contributed by atoms with Crippen LogP contribution in [0.5, 0.6) is 5.75 Å². The van der Waals surface area contributed by atoms with E-state index in [1.54, 1.807) is 42.0 Å².